The zero-order valence-electron chi connectivity index (χ0n) is 16.1. The SMILES string of the molecule is COC(=O)c1cc(NC(=O)[C@H]2CC(=O)N(C(C)(C)C)C2)cc(C(=O)OC)c1. The third-order valence-corrected chi connectivity index (χ3v) is 4.35. The predicted molar refractivity (Wildman–Crippen MR) is 97.3 cm³/mol. The van der Waals surface area contributed by atoms with Gasteiger partial charge in [0.25, 0.3) is 0 Å². The molecule has 0 aromatic heterocycles. The number of nitrogens with one attached hydrogen (secondary N) is 1. The van der Waals surface area contributed by atoms with E-state index in [1.54, 1.807) is 4.90 Å². The Balaban J connectivity index is 2.23. The van der Waals surface area contributed by atoms with Crippen LogP contribution in [0.1, 0.15) is 47.9 Å². The summed E-state index contributed by atoms with van der Waals surface area (Å²) in [4.78, 5) is 50.1. The van der Waals surface area contributed by atoms with Crippen LogP contribution in [-0.2, 0) is 19.1 Å². The first-order chi connectivity index (χ1) is 12.6. The lowest BCUT2D eigenvalue weighted by atomic mass is 10.1. The summed E-state index contributed by atoms with van der Waals surface area (Å²) in [6.07, 6.45) is 0.115. The van der Waals surface area contributed by atoms with Crippen LogP contribution < -0.4 is 5.32 Å². The molecule has 1 atom stereocenters. The van der Waals surface area contributed by atoms with Gasteiger partial charge in [0.1, 0.15) is 0 Å². The zero-order valence-corrected chi connectivity index (χ0v) is 16.1. The van der Waals surface area contributed by atoms with Crippen molar-refractivity contribution in [2.45, 2.75) is 32.7 Å². The molecule has 0 spiro atoms. The Morgan fingerprint density at radius 2 is 1.56 bits per heavy atom. The fourth-order valence-electron chi connectivity index (χ4n) is 2.95. The van der Waals surface area contributed by atoms with Gasteiger partial charge in [0.05, 0.1) is 31.3 Å². The van der Waals surface area contributed by atoms with Crippen molar-refractivity contribution in [2.75, 3.05) is 26.1 Å². The second-order valence-corrected chi connectivity index (χ2v) is 7.35. The lowest BCUT2D eigenvalue weighted by Crippen LogP contribution is -2.42. The molecule has 2 rings (SSSR count). The third-order valence-electron chi connectivity index (χ3n) is 4.35. The number of anilines is 1. The average Bonchev–Trinajstić information content (AvgIpc) is 3.02. The Morgan fingerprint density at radius 1 is 1.04 bits per heavy atom. The average molecular weight is 376 g/mol. The Bertz CT molecular complexity index is 747. The minimum atomic E-state index is -0.647. The Morgan fingerprint density at radius 3 is 1.96 bits per heavy atom. The maximum absolute atomic E-state index is 12.6. The van der Waals surface area contributed by atoms with Crippen LogP contribution >= 0.6 is 0 Å². The van der Waals surface area contributed by atoms with E-state index in [-0.39, 0.29) is 40.6 Å². The van der Waals surface area contributed by atoms with Gasteiger partial charge in [-0.3, -0.25) is 9.59 Å². The normalized spacial score (nSPS) is 16.9. The molecule has 0 aliphatic carbocycles. The molecule has 8 nitrogen and oxygen atoms in total. The first kappa shape index (κ1) is 20.4. The molecular formula is C19H24N2O6. The first-order valence-corrected chi connectivity index (χ1v) is 8.50. The second-order valence-electron chi connectivity index (χ2n) is 7.35. The number of likely N-dealkylation sites (tertiary alicyclic amines) is 1. The van der Waals surface area contributed by atoms with Gasteiger partial charge in [-0.25, -0.2) is 9.59 Å². The van der Waals surface area contributed by atoms with Gasteiger partial charge in [0.2, 0.25) is 11.8 Å². The Hall–Kier alpha value is -2.90. The van der Waals surface area contributed by atoms with Crippen LogP contribution in [0.15, 0.2) is 18.2 Å². The van der Waals surface area contributed by atoms with E-state index in [0.29, 0.717) is 6.54 Å². The number of hydrogen-bond donors (Lipinski definition) is 1. The highest BCUT2D eigenvalue weighted by Crippen LogP contribution is 2.27. The maximum atomic E-state index is 12.6. The summed E-state index contributed by atoms with van der Waals surface area (Å²) in [5.41, 5.74) is 0.101. The number of ether oxygens (including phenoxy) is 2. The molecule has 0 bridgehead atoms. The summed E-state index contributed by atoms with van der Waals surface area (Å²) in [5.74, 6) is -2.24. The molecule has 1 heterocycles. The van der Waals surface area contributed by atoms with Gasteiger partial charge in [0.15, 0.2) is 0 Å². The number of benzene rings is 1. The van der Waals surface area contributed by atoms with E-state index in [4.69, 9.17) is 0 Å². The van der Waals surface area contributed by atoms with E-state index in [9.17, 15) is 19.2 Å². The standard InChI is InChI=1S/C19H24N2O6/c1-19(2,3)21-10-13(9-15(21)22)16(23)20-14-7-11(17(24)26-4)6-12(8-14)18(25)27-5/h6-8,13H,9-10H2,1-5H3,(H,20,23)/t13-/m0/s1. The number of nitrogens with zero attached hydrogens (tertiary/aromatic N) is 1. The van der Waals surface area contributed by atoms with E-state index in [2.05, 4.69) is 14.8 Å². The van der Waals surface area contributed by atoms with E-state index < -0.39 is 17.9 Å². The molecule has 1 aliphatic rings. The van der Waals surface area contributed by atoms with Crippen molar-refractivity contribution >= 4 is 29.4 Å². The maximum Gasteiger partial charge on any atom is 0.337 e. The van der Waals surface area contributed by atoms with Gasteiger partial charge >= 0.3 is 11.9 Å². The van der Waals surface area contributed by atoms with Gasteiger partial charge in [-0.1, -0.05) is 0 Å². The zero-order chi connectivity index (χ0) is 20.4. The lowest BCUT2D eigenvalue weighted by molar-refractivity contribution is -0.131. The number of carbonyl (C=O) groups is 4. The Kier molecular flexibility index (Phi) is 5.88. The smallest absolute Gasteiger partial charge is 0.337 e. The number of carbonyl (C=O) groups excluding carboxylic acids is 4. The molecule has 0 radical (unpaired) electrons. The van der Waals surface area contributed by atoms with Crippen LogP contribution in [0.4, 0.5) is 5.69 Å². The number of amides is 2. The lowest BCUT2D eigenvalue weighted by Gasteiger charge is -2.31. The number of methoxy groups -OCH3 is 2. The largest absolute Gasteiger partial charge is 0.465 e. The van der Waals surface area contributed by atoms with E-state index >= 15 is 0 Å². The van der Waals surface area contributed by atoms with E-state index in [0.717, 1.165) is 0 Å². The summed E-state index contributed by atoms with van der Waals surface area (Å²) >= 11 is 0. The quantitative estimate of drug-likeness (QED) is 0.805. The van der Waals surface area contributed by atoms with Crippen molar-refractivity contribution in [2.24, 2.45) is 5.92 Å². The van der Waals surface area contributed by atoms with Crippen molar-refractivity contribution in [3.63, 3.8) is 0 Å². The Labute approximate surface area is 157 Å². The molecule has 0 unspecified atom stereocenters. The fraction of sp³-hybridized carbons (Fsp3) is 0.474. The van der Waals surface area contributed by atoms with Crippen molar-refractivity contribution in [3.05, 3.63) is 29.3 Å². The molecular weight excluding hydrogens is 352 g/mol. The predicted octanol–water partition coefficient (Wildman–Crippen LogP) is 1.85. The summed E-state index contributed by atoms with van der Waals surface area (Å²) in [7, 11) is 2.44. The van der Waals surface area contributed by atoms with Gasteiger partial charge in [0, 0.05) is 24.2 Å². The van der Waals surface area contributed by atoms with Crippen LogP contribution in [-0.4, -0.2) is 55.0 Å². The van der Waals surface area contributed by atoms with Gasteiger partial charge in [-0.2, -0.15) is 0 Å². The summed E-state index contributed by atoms with van der Waals surface area (Å²) < 4.78 is 9.35. The highest BCUT2D eigenvalue weighted by atomic mass is 16.5. The molecule has 1 aromatic carbocycles. The molecule has 27 heavy (non-hydrogen) atoms. The fourth-order valence-corrected chi connectivity index (χ4v) is 2.95. The van der Waals surface area contributed by atoms with E-state index in [1.165, 1.54) is 32.4 Å². The number of hydrogen-bond acceptors (Lipinski definition) is 6. The van der Waals surface area contributed by atoms with Gasteiger partial charge in [-0.15, -0.1) is 0 Å². The molecule has 1 N–H and O–H groups in total. The van der Waals surface area contributed by atoms with Crippen molar-refractivity contribution in [3.8, 4) is 0 Å². The molecule has 1 aliphatic heterocycles. The second kappa shape index (κ2) is 7.77. The van der Waals surface area contributed by atoms with Crippen molar-refractivity contribution in [1.29, 1.82) is 0 Å². The third kappa shape index (κ3) is 4.64. The molecule has 8 heteroatoms. The minimum Gasteiger partial charge on any atom is -0.465 e. The topological polar surface area (TPSA) is 102 Å². The molecule has 1 saturated heterocycles. The van der Waals surface area contributed by atoms with Crippen LogP contribution in [0.2, 0.25) is 0 Å². The highest BCUT2D eigenvalue weighted by Gasteiger charge is 2.39. The van der Waals surface area contributed by atoms with Crippen LogP contribution in [0.25, 0.3) is 0 Å². The molecule has 0 saturated carbocycles. The highest BCUT2D eigenvalue weighted by molar-refractivity contribution is 6.01. The summed E-state index contributed by atoms with van der Waals surface area (Å²) in [6, 6.07) is 4.15. The summed E-state index contributed by atoms with van der Waals surface area (Å²) in [5, 5.41) is 2.68. The first-order valence-electron chi connectivity index (χ1n) is 8.50. The van der Waals surface area contributed by atoms with Crippen LogP contribution in [0, 0.1) is 5.92 Å². The molecule has 146 valence electrons. The van der Waals surface area contributed by atoms with Crippen molar-refractivity contribution < 1.29 is 28.7 Å². The van der Waals surface area contributed by atoms with Gasteiger partial charge < -0.3 is 19.7 Å². The van der Waals surface area contributed by atoms with Gasteiger partial charge in [-0.05, 0) is 39.0 Å². The molecule has 1 fully saturated rings. The monoisotopic (exact) mass is 376 g/mol. The molecule has 1 aromatic rings. The number of esters is 2. The minimum absolute atomic E-state index is 0.0822. The molecule has 2 amide bonds. The van der Waals surface area contributed by atoms with E-state index in [1.807, 2.05) is 20.8 Å². The van der Waals surface area contributed by atoms with Crippen molar-refractivity contribution in [1.82, 2.24) is 4.90 Å². The number of rotatable bonds is 4. The van der Waals surface area contributed by atoms with Crippen LogP contribution in [0.3, 0.4) is 0 Å². The summed E-state index contributed by atoms with van der Waals surface area (Å²) in [6.45, 7) is 6.05. The van der Waals surface area contributed by atoms with Crippen LogP contribution in [0.5, 0.6) is 0 Å².